The van der Waals surface area contributed by atoms with Crippen LogP contribution in [0.1, 0.15) is 42.5 Å². The van der Waals surface area contributed by atoms with Crippen LogP contribution in [-0.4, -0.2) is 21.8 Å². The van der Waals surface area contributed by atoms with Crippen LogP contribution in [0.5, 0.6) is 0 Å². The SMILES string of the molecule is Cc1ccccc1CN(CCCCCCBr)Cc1ccccn1. The van der Waals surface area contributed by atoms with Crippen molar-refractivity contribution in [3.8, 4) is 0 Å². The van der Waals surface area contributed by atoms with Gasteiger partial charge >= 0.3 is 0 Å². The number of alkyl halides is 1. The highest BCUT2D eigenvalue weighted by Gasteiger charge is 2.09. The van der Waals surface area contributed by atoms with Gasteiger partial charge in [0.2, 0.25) is 0 Å². The second-order valence-electron chi connectivity index (χ2n) is 6.06. The first-order chi connectivity index (χ1) is 11.3. The van der Waals surface area contributed by atoms with E-state index < -0.39 is 0 Å². The average molecular weight is 375 g/mol. The molecule has 0 aliphatic carbocycles. The van der Waals surface area contributed by atoms with Crippen molar-refractivity contribution >= 4 is 15.9 Å². The predicted octanol–water partition coefficient (Wildman–Crippen LogP) is 5.35. The first-order valence-corrected chi connectivity index (χ1v) is 9.64. The molecular weight excluding hydrogens is 348 g/mol. The van der Waals surface area contributed by atoms with Crippen LogP contribution in [-0.2, 0) is 13.1 Å². The van der Waals surface area contributed by atoms with Crippen molar-refractivity contribution in [3.63, 3.8) is 0 Å². The molecular formula is C20H27BrN2. The molecule has 0 fully saturated rings. The quantitative estimate of drug-likeness (QED) is 0.411. The van der Waals surface area contributed by atoms with Gasteiger partial charge in [-0.3, -0.25) is 9.88 Å². The van der Waals surface area contributed by atoms with Crippen LogP contribution >= 0.6 is 15.9 Å². The molecule has 0 unspecified atom stereocenters. The third kappa shape index (κ3) is 6.84. The second-order valence-corrected chi connectivity index (χ2v) is 6.85. The molecule has 3 heteroatoms. The molecule has 0 bridgehead atoms. The normalized spacial score (nSPS) is 11.1. The van der Waals surface area contributed by atoms with Gasteiger partial charge in [-0.1, -0.05) is 59.1 Å². The molecule has 2 nitrogen and oxygen atoms in total. The van der Waals surface area contributed by atoms with Gasteiger partial charge < -0.3 is 0 Å². The number of nitrogens with zero attached hydrogens (tertiary/aromatic N) is 2. The van der Waals surface area contributed by atoms with Crippen LogP contribution in [0.15, 0.2) is 48.7 Å². The Morgan fingerprint density at radius 2 is 1.70 bits per heavy atom. The van der Waals surface area contributed by atoms with Crippen LogP contribution in [0.25, 0.3) is 0 Å². The summed E-state index contributed by atoms with van der Waals surface area (Å²) in [6.45, 7) is 5.26. The number of benzene rings is 1. The molecule has 0 saturated heterocycles. The van der Waals surface area contributed by atoms with Gasteiger partial charge in [-0.2, -0.15) is 0 Å². The summed E-state index contributed by atoms with van der Waals surface area (Å²) in [5.74, 6) is 0. The molecule has 0 radical (unpaired) electrons. The number of aryl methyl sites for hydroxylation is 1. The van der Waals surface area contributed by atoms with E-state index in [0.29, 0.717) is 0 Å². The van der Waals surface area contributed by atoms with Crippen LogP contribution < -0.4 is 0 Å². The van der Waals surface area contributed by atoms with Crippen LogP contribution in [0, 0.1) is 6.92 Å². The third-order valence-corrected chi connectivity index (χ3v) is 4.69. The summed E-state index contributed by atoms with van der Waals surface area (Å²) in [6, 6.07) is 14.9. The summed E-state index contributed by atoms with van der Waals surface area (Å²) >= 11 is 3.51. The highest BCUT2D eigenvalue weighted by molar-refractivity contribution is 9.09. The lowest BCUT2D eigenvalue weighted by Crippen LogP contribution is -2.25. The number of aromatic nitrogens is 1. The smallest absolute Gasteiger partial charge is 0.0544 e. The standard InChI is InChI=1S/C20H27BrN2/c1-18-10-4-5-11-19(18)16-23(15-9-3-2-7-13-21)17-20-12-6-8-14-22-20/h4-6,8,10-12,14H,2-3,7,9,13,15-17H2,1H3. The molecule has 2 aromatic rings. The van der Waals surface area contributed by atoms with Crippen LogP contribution in [0.3, 0.4) is 0 Å². The number of halogens is 1. The number of hydrogen-bond acceptors (Lipinski definition) is 2. The van der Waals surface area contributed by atoms with E-state index in [9.17, 15) is 0 Å². The summed E-state index contributed by atoms with van der Waals surface area (Å²) in [7, 11) is 0. The maximum absolute atomic E-state index is 4.49. The fourth-order valence-corrected chi connectivity index (χ4v) is 3.14. The lowest BCUT2D eigenvalue weighted by atomic mass is 10.1. The molecule has 0 N–H and O–H groups in total. The number of rotatable bonds is 10. The highest BCUT2D eigenvalue weighted by atomic mass is 79.9. The number of hydrogen-bond donors (Lipinski definition) is 0. The number of unbranched alkanes of at least 4 members (excludes halogenated alkanes) is 3. The van der Waals surface area contributed by atoms with Gasteiger partial charge in [0.1, 0.15) is 0 Å². The molecule has 23 heavy (non-hydrogen) atoms. The average Bonchev–Trinajstić information content (AvgIpc) is 2.57. The van der Waals surface area contributed by atoms with E-state index in [1.807, 2.05) is 12.3 Å². The van der Waals surface area contributed by atoms with Crippen molar-refractivity contribution < 1.29 is 0 Å². The van der Waals surface area contributed by atoms with Gasteiger partial charge in [0.25, 0.3) is 0 Å². The van der Waals surface area contributed by atoms with E-state index in [4.69, 9.17) is 0 Å². The Morgan fingerprint density at radius 3 is 2.43 bits per heavy atom. The largest absolute Gasteiger partial charge is 0.293 e. The van der Waals surface area contributed by atoms with E-state index in [1.54, 1.807) is 0 Å². The monoisotopic (exact) mass is 374 g/mol. The molecule has 0 saturated carbocycles. The minimum atomic E-state index is 0.924. The molecule has 1 aromatic carbocycles. The van der Waals surface area contributed by atoms with Crippen molar-refractivity contribution in [2.45, 2.75) is 45.7 Å². The molecule has 0 amide bonds. The molecule has 124 valence electrons. The number of pyridine rings is 1. The van der Waals surface area contributed by atoms with E-state index in [1.165, 1.54) is 36.8 Å². The molecule has 0 aliphatic heterocycles. The van der Waals surface area contributed by atoms with Crippen LogP contribution in [0.4, 0.5) is 0 Å². The summed E-state index contributed by atoms with van der Waals surface area (Å²) in [6.07, 6.45) is 7.03. The Hall–Kier alpha value is -1.19. The maximum Gasteiger partial charge on any atom is 0.0544 e. The van der Waals surface area contributed by atoms with E-state index in [0.717, 1.165) is 30.7 Å². The van der Waals surface area contributed by atoms with Gasteiger partial charge in [0, 0.05) is 24.6 Å². The summed E-state index contributed by atoms with van der Waals surface area (Å²) in [5.41, 5.74) is 3.95. The highest BCUT2D eigenvalue weighted by Crippen LogP contribution is 2.14. The van der Waals surface area contributed by atoms with Crippen molar-refractivity contribution in [1.29, 1.82) is 0 Å². The molecule has 2 rings (SSSR count). The third-order valence-electron chi connectivity index (χ3n) is 4.12. The zero-order valence-electron chi connectivity index (χ0n) is 14.0. The van der Waals surface area contributed by atoms with Gasteiger partial charge in [-0.25, -0.2) is 0 Å². The molecule has 0 aliphatic rings. The van der Waals surface area contributed by atoms with E-state index in [2.05, 4.69) is 69.1 Å². The van der Waals surface area contributed by atoms with Crippen molar-refractivity contribution in [2.24, 2.45) is 0 Å². The van der Waals surface area contributed by atoms with Gasteiger partial charge in [0.05, 0.1) is 5.69 Å². The molecule has 1 heterocycles. The summed E-state index contributed by atoms with van der Waals surface area (Å²) in [4.78, 5) is 7.02. The zero-order valence-corrected chi connectivity index (χ0v) is 15.6. The molecule has 1 aromatic heterocycles. The predicted molar refractivity (Wildman–Crippen MR) is 102 cm³/mol. The van der Waals surface area contributed by atoms with Crippen molar-refractivity contribution in [1.82, 2.24) is 9.88 Å². The van der Waals surface area contributed by atoms with Gasteiger partial charge in [-0.15, -0.1) is 0 Å². The van der Waals surface area contributed by atoms with E-state index in [-0.39, 0.29) is 0 Å². The summed E-state index contributed by atoms with van der Waals surface area (Å²) in [5, 5.41) is 1.12. The van der Waals surface area contributed by atoms with Gasteiger partial charge in [0.15, 0.2) is 0 Å². The van der Waals surface area contributed by atoms with Gasteiger partial charge in [-0.05, 0) is 49.6 Å². The fraction of sp³-hybridized carbons (Fsp3) is 0.450. The second kappa shape index (κ2) is 10.6. The lowest BCUT2D eigenvalue weighted by Gasteiger charge is -2.23. The minimum Gasteiger partial charge on any atom is -0.293 e. The fourth-order valence-electron chi connectivity index (χ4n) is 2.75. The summed E-state index contributed by atoms with van der Waals surface area (Å²) < 4.78 is 0. The van der Waals surface area contributed by atoms with Crippen LogP contribution in [0.2, 0.25) is 0 Å². The topological polar surface area (TPSA) is 16.1 Å². The Labute approximate surface area is 149 Å². The lowest BCUT2D eigenvalue weighted by molar-refractivity contribution is 0.247. The Kier molecular flexibility index (Phi) is 8.33. The molecule has 0 atom stereocenters. The molecule has 0 spiro atoms. The Morgan fingerprint density at radius 1 is 0.913 bits per heavy atom. The van der Waals surface area contributed by atoms with Crippen molar-refractivity contribution in [2.75, 3.05) is 11.9 Å². The Balaban J connectivity index is 1.94. The first-order valence-electron chi connectivity index (χ1n) is 8.52. The Bertz CT molecular complexity index is 557. The van der Waals surface area contributed by atoms with Crippen molar-refractivity contribution in [3.05, 3.63) is 65.5 Å². The minimum absolute atomic E-state index is 0.924. The first kappa shape index (κ1) is 18.2. The zero-order chi connectivity index (χ0) is 16.3. The van der Waals surface area contributed by atoms with E-state index >= 15 is 0 Å². The maximum atomic E-state index is 4.49.